The minimum Gasteiger partial charge on any atom is -0.369 e. The maximum Gasteiger partial charge on any atom is 0.191 e. The third-order valence-corrected chi connectivity index (χ3v) is 4.42. The lowest BCUT2D eigenvalue weighted by Gasteiger charge is -2.20. The Morgan fingerprint density at radius 2 is 1.96 bits per heavy atom. The predicted octanol–water partition coefficient (Wildman–Crippen LogP) is 3.56. The molecule has 0 saturated carbocycles. The van der Waals surface area contributed by atoms with Crippen molar-refractivity contribution in [2.45, 2.75) is 25.9 Å². The van der Waals surface area contributed by atoms with Crippen LogP contribution in [0.2, 0.25) is 0 Å². The van der Waals surface area contributed by atoms with Gasteiger partial charge in [-0.05, 0) is 31.0 Å². The van der Waals surface area contributed by atoms with Crippen molar-refractivity contribution in [2.75, 3.05) is 25.0 Å². The summed E-state index contributed by atoms with van der Waals surface area (Å²) in [7, 11) is 1.83. The van der Waals surface area contributed by atoms with Crippen LogP contribution in [-0.2, 0) is 6.54 Å². The number of rotatable bonds is 4. The third-order valence-electron chi connectivity index (χ3n) is 4.42. The van der Waals surface area contributed by atoms with E-state index in [2.05, 4.69) is 82.0 Å². The van der Waals surface area contributed by atoms with Crippen LogP contribution in [0.4, 0.5) is 5.69 Å². The molecule has 2 aromatic carbocycles. The van der Waals surface area contributed by atoms with E-state index in [4.69, 9.17) is 0 Å². The van der Waals surface area contributed by atoms with E-state index in [0.717, 1.165) is 32.0 Å². The molecule has 0 spiro atoms. The van der Waals surface area contributed by atoms with Gasteiger partial charge in [0.1, 0.15) is 0 Å². The SMILES string of the molecule is CN=C(NCc1cccc(C)c1)NC1CCN(c2ccccc2)C1.I. The first-order valence-electron chi connectivity index (χ1n) is 8.57. The molecule has 1 unspecified atom stereocenters. The Balaban J connectivity index is 0.00000225. The van der Waals surface area contributed by atoms with Crippen molar-refractivity contribution < 1.29 is 0 Å². The average molecular weight is 450 g/mol. The number of hydrogen-bond acceptors (Lipinski definition) is 2. The van der Waals surface area contributed by atoms with E-state index in [9.17, 15) is 0 Å². The summed E-state index contributed by atoms with van der Waals surface area (Å²) in [5, 5.41) is 6.96. The molecule has 134 valence electrons. The molecule has 1 aliphatic heterocycles. The minimum absolute atomic E-state index is 0. The molecule has 2 aromatic rings. The molecule has 0 bridgehead atoms. The number of hydrogen-bond donors (Lipinski definition) is 2. The van der Waals surface area contributed by atoms with Gasteiger partial charge in [-0.3, -0.25) is 4.99 Å². The van der Waals surface area contributed by atoms with E-state index in [1.807, 2.05) is 7.05 Å². The van der Waals surface area contributed by atoms with Crippen molar-refractivity contribution in [2.24, 2.45) is 4.99 Å². The highest BCUT2D eigenvalue weighted by Gasteiger charge is 2.23. The largest absolute Gasteiger partial charge is 0.369 e. The molecular formula is C20H27IN4. The highest BCUT2D eigenvalue weighted by atomic mass is 127. The zero-order valence-corrected chi connectivity index (χ0v) is 17.2. The Kier molecular flexibility index (Phi) is 7.55. The van der Waals surface area contributed by atoms with Crippen molar-refractivity contribution in [3.8, 4) is 0 Å². The Labute approximate surface area is 167 Å². The predicted molar refractivity (Wildman–Crippen MR) is 117 cm³/mol. The van der Waals surface area contributed by atoms with Gasteiger partial charge in [-0.15, -0.1) is 24.0 Å². The monoisotopic (exact) mass is 450 g/mol. The minimum atomic E-state index is 0. The Bertz CT molecular complexity index is 687. The molecule has 1 saturated heterocycles. The number of nitrogens with zero attached hydrogens (tertiary/aromatic N) is 2. The highest BCUT2D eigenvalue weighted by Crippen LogP contribution is 2.19. The summed E-state index contributed by atoms with van der Waals surface area (Å²) in [6.07, 6.45) is 1.13. The maximum absolute atomic E-state index is 4.36. The number of aliphatic imine (C=N–C) groups is 1. The van der Waals surface area contributed by atoms with Crippen molar-refractivity contribution >= 4 is 35.6 Å². The number of aryl methyl sites for hydroxylation is 1. The van der Waals surface area contributed by atoms with Gasteiger partial charge in [-0.25, -0.2) is 0 Å². The second-order valence-corrected chi connectivity index (χ2v) is 6.33. The Hall–Kier alpha value is -1.76. The van der Waals surface area contributed by atoms with E-state index in [0.29, 0.717) is 6.04 Å². The van der Waals surface area contributed by atoms with Crippen LogP contribution in [0.25, 0.3) is 0 Å². The molecule has 1 atom stereocenters. The lowest BCUT2D eigenvalue weighted by molar-refractivity contribution is 0.648. The second kappa shape index (κ2) is 9.65. The van der Waals surface area contributed by atoms with Crippen molar-refractivity contribution in [3.63, 3.8) is 0 Å². The van der Waals surface area contributed by atoms with Gasteiger partial charge in [0.15, 0.2) is 5.96 Å². The summed E-state index contributed by atoms with van der Waals surface area (Å²) in [4.78, 5) is 6.78. The summed E-state index contributed by atoms with van der Waals surface area (Å²) in [5.74, 6) is 0.872. The van der Waals surface area contributed by atoms with Gasteiger partial charge in [-0.2, -0.15) is 0 Å². The van der Waals surface area contributed by atoms with Gasteiger partial charge in [0.05, 0.1) is 0 Å². The first kappa shape index (κ1) is 19.6. The van der Waals surface area contributed by atoms with Crippen LogP contribution in [0.5, 0.6) is 0 Å². The van der Waals surface area contributed by atoms with Crippen LogP contribution in [0.1, 0.15) is 17.5 Å². The van der Waals surface area contributed by atoms with Gasteiger partial charge in [0.2, 0.25) is 0 Å². The maximum atomic E-state index is 4.36. The van der Waals surface area contributed by atoms with E-state index >= 15 is 0 Å². The average Bonchev–Trinajstić information content (AvgIpc) is 3.08. The molecule has 1 fully saturated rings. The lowest BCUT2D eigenvalue weighted by atomic mass is 10.1. The normalized spacial score (nSPS) is 17.1. The molecule has 1 heterocycles. The fourth-order valence-corrected chi connectivity index (χ4v) is 3.15. The van der Waals surface area contributed by atoms with Gasteiger partial charge < -0.3 is 15.5 Å². The van der Waals surface area contributed by atoms with Crippen LogP contribution < -0.4 is 15.5 Å². The first-order valence-corrected chi connectivity index (χ1v) is 8.57. The molecular weight excluding hydrogens is 423 g/mol. The second-order valence-electron chi connectivity index (χ2n) is 6.33. The number of guanidine groups is 1. The molecule has 0 aliphatic carbocycles. The molecule has 0 amide bonds. The van der Waals surface area contributed by atoms with Crippen molar-refractivity contribution in [3.05, 3.63) is 65.7 Å². The number of benzene rings is 2. The molecule has 2 N–H and O–H groups in total. The van der Waals surface area contributed by atoms with E-state index in [1.54, 1.807) is 0 Å². The third kappa shape index (κ3) is 5.63. The molecule has 3 rings (SSSR count). The number of anilines is 1. The summed E-state index contributed by atoms with van der Waals surface area (Å²) in [6.45, 7) is 5.00. The number of para-hydroxylation sites is 1. The molecule has 5 heteroatoms. The van der Waals surface area contributed by atoms with Crippen LogP contribution in [0.3, 0.4) is 0 Å². The fourth-order valence-electron chi connectivity index (χ4n) is 3.15. The quantitative estimate of drug-likeness (QED) is 0.425. The highest BCUT2D eigenvalue weighted by molar-refractivity contribution is 14.0. The van der Waals surface area contributed by atoms with E-state index in [1.165, 1.54) is 16.8 Å². The summed E-state index contributed by atoms with van der Waals surface area (Å²) in [6, 6.07) is 19.6. The smallest absolute Gasteiger partial charge is 0.191 e. The number of nitrogens with one attached hydrogen (secondary N) is 2. The van der Waals surface area contributed by atoms with Crippen LogP contribution in [-0.4, -0.2) is 32.1 Å². The first-order chi connectivity index (χ1) is 11.7. The lowest BCUT2D eigenvalue weighted by Crippen LogP contribution is -2.44. The molecule has 25 heavy (non-hydrogen) atoms. The molecule has 0 radical (unpaired) electrons. The summed E-state index contributed by atoms with van der Waals surface area (Å²) < 4.78 is 0. The molecule has 4 nitrogen and oxygen atoms in total. The zero-order chi connectivity index (χ0) is 16.8. The summed E-state index contributed by atoms with van der Waals surface area (Å²) >= 11 is 0. The fraction of sp³-hybridized carbons (Fsp3) is 0.350. The van der Waals surface area contributed by atoms with Gasteiger partial charge in [0, 0.05) is 38.4 Å². The number of halogens is 1. The van der Waals surface area contributed by atoms with E-state index < -0.39 is 0 Å². The van der Waals surface area contributed by atoms with Gasteiger partial charge in [0.25, 0.3) is 0 Å². The van der Waals surface area contributed by atoms with Crippen LogP contribution in [0.15, 0.2) is 59.6 Å². The molecule has 1 aliphatic rings. The van der Waals surface area contributed by atoms with Crippen LogP contribution in [0, 0.1) is 6.92 Å². The van der Waals surface area contributed by atoms with Gasteiger partial charge >= 0.3 is 0 Å². The molecule has 0 aromatic heterocycles. The van der Waals surface area contributed by atoms with E-state index in [-0.39, 0.29) is 24.0 Å². The standard InChI is InChI=1S/C20H26N4.HI/c1-16-7-6-8-17(13-16)14-22-20(21-2)23-18-11-12-24(15-18)19-9-4-3-5-10-19;/h3-10,13,18H,11-12,14-15H2,1-2H3,(H2,21,22,23);1H. The van der Waals surface area contributed by atoms with Crippen molar-refractivity contribution in [1.29, 1.82) is 0 Å². The zero-order valence-electron chi connectivity index (χ0n) is 14.9. The Morgan fingerprint density at radius 1 is 1.16 bits per heavy atom. The topological polar surface area (TPSA) is 39.7 Å². The Morgan fingerprint density at radius 3 is 2.68 bits per heavy atom. The van der Waals surface area contributed by atoms with Crippen molar-refractivity contribution in [1.82, 2.24) is 10.6 Å². The van der Waals surface area contributed by atoms with Crippen LogP contribution >= 0.6 is 24.0 Å². The van der Waals surface area contributed by atoms with Gasteiger partial charge in [-0.1, -0.05) is 48.0 Å². The summed E-state index contributed by atoms with van der Waals surface area (Å²) in [5.41, 5.74) is 3.85.